The third-order valence-corrected chi connectivity index (χ3v) is 4.75. The Morgan fingerprint density at radius 2 is 2.17 bits per heavy atom. The summed E-state index contributed by atoms with van der Waals surface area (Å²) in [6.45, 7) is 3.27. The number of nitriles is 1. The molecule has 6 nitrogen and oxygen atoms in total. The van der Waals surface area contributed by atoms with Gasteiger partial charge in [-0.2, -0.15) is 5.26 Å². The molecule has 24 heavy (non-hydrogen) atoms. The van der Waals surface area contributed by atoms with Gasteiger partial charge in [0.15, 0.2) is 0 Å². The fraction of sp³-hybridized carbons (Fsp3) is 0.500. The number of rotatable bonds is 2. The third-order valence-electron chi connectivity index (χ3n) is 4.75. The maximum Gasteiger partial charge on any atom is 0.144 e. The molecule has 0 aromatic heterocycles. The first kappa shape index (κ1) is 16.6. The molecule has 1 aromatic rings. The second kappa shape index (κ2) is 6.00. The number of carbonyl (C=O) groups excluding carboxylic acids is 1. The number of carbonyl (C=O) groups is 1. The minimum Gasteiger partial charge on any atom is -0.485 e. The average Bonchev–Trinajstić information content (AvgIpc) is 2.91. The van der Waals surface area contributed by atoms with Crippen molar-refractivity contribution in [3.8, 4) is 11.8 Å². The monoisotopic (exact) mass is 328 g/mol. The van der Waals surface area contributed by atoms with E-state index in [2.05, 4.69) is 11.1 Å². The molecule has 3 rings (SSSR count). The highest BCUT2D eigenvalue weighted by Gasteiger charge is 2.44. The molecule has 2 aliphatic rings. The van der Waals surface area contributed by atoms with Gasteiger partial charge in [-0.05, 0) is 38.5 Å². The van der Waals surface area contributed by atoms with Crippen LogP contribution in [0.25, 0.3) is 0 Å². The van der Waals surface area contributed by atoms with Crippen LogP contribution in [0.5, 0.6) is 5.75 Å². The van der Waals surface area contributed by atoms with E-state index in [0.29, 0.717) is 35.4 Å². The molecular weight excluding hydrogens is 308 g/mol. The Morgan fingerprint density at radius 1 is 1.42 bits per heavy atom. The Labute approximate surface area is 140 Å². The summed E-state index contributed by atoms with van der Waals surface area (Å²) in [7, 11) is 0. The van der Waals surface area contributed by atoms with Crippen LogP contribution in [0.3, 0.4) is 0 Å². The maximum atomic E-state index is 11.8. The van der Waals surface area contributed by atoms with Crippen molar-refractivity contribution in [1.82, 2.24) is 0 Å². The lowest BCUT2D eigenvalue weighted by Crippen LogP contribution is -2.48. The molecule has 1 heterocycles. The summed E-state index contributed by atoms with van der Waals surface area (Å²) < 4.78 is 5.86. The minimum absolute atomic E-state index is 0.0249. The van der Waals surface area contributed by atoms with Crippen molar-refractivity contribution in [3.05, 3.63) is 29.3 Å². The molecule has 1 fully saturated rings. The molecule has 0 saturated heterocycles. The van der Waals surface area contributed by atoms with Crippen LogP contribution >= 0.6 is 0 Å². The third kappa shape index (κ3) is 2.70. The highest BCUT2D eigenvalue weighted by atomic mass is 16.5. The number of aliphatic hydroxyl groups is 2. The van der Waals surface area contributed by atoms with Gasteiger partial charge in [-0.3, -0.25) is 9.79 Å². The first-order chi connectivity index (χ1) is 11.4. The van der Waals surface area contributed by atoms with Crippen LogP contribution in [0.1, 0.15) is 43.9 Å². The van der Waals surface area contributed by atoms with Gasteiger partial charge in [0.1, 0.15) is 29.3 Å². The van der Waals surface area contributed by atoms with Crippen molar-refractivity contribution >= 4 is 11.5 Å². The lowest BCUT2D eigenvalue weighted by molar-refractivity contribution is -0.120. The first-order valence-corrected chi connectivity index (χ1v) is 7.98. The summed E-state index contributed by atoms with van der Waals surface area (Å²) in [6, 6.07) is 6.47. The normalized spacial score (nSPS) is 29.9. The fourth-order valence-electron chi connectivity index (χ4n) is 3.30. The van der Waals surface area contributed by atoms with Crippen molar-refractivity contribution in [2.45, 2.75) is 44.4 Å². The highest BCUT2D eigenvalue weighted by molar-refractivity contribution is 6.11. The number of ketones is 1. The van der Waals surface area contributed by atoms with Crippen LogP contribution in [0.4, 0.5) is 0 Å². The van der Waals surface area contributed by atoms with E-state index in [0.717, 1.165) is 0 Å². The number of hydrogen-bond donors (Lipinski definition) is 2. The largest absolute Gasteiger partial charge is 0.485 e. The number of aliphatic imine (C=N–C) groups is 1. The lowest BCUT2D eigenvalue weighted by atomic mass is 9.86. The summed E-state index contributed by atoms with van der Waals surface area (Å²) >= 11 is 0. The number of benzene rings is 1. The Hall–Kier alpha value is -2.23. The highest BCUT2D eigenvalue weighted by Crippen LogP contribution is 2.43. The smallest absolute Gasteiger partial charge is 0.144 e. The zero-order valence-corrected chi connectivity index (χ0v) is 13.7. The average molecular weight is 328 g/mol. The van der Waals surface area contributed by atoms with E-state index in [-0.39, 0.29) is 12.4 Å². The van der Waals surface area contributed by atoms with Gasteiger partial charge in [-0.15, -0.1) is 0 Å². The van der Waals surface area contributed by atoms with Crippen molar-refractivity contribution in [3.63, 3.8) is 0 Å². The van der Waals surface area contributed by atoms with Crippen molar-refractivity contribution in [2.75, 3.05) is 6.61 Å². The molecule has 126 valence electrons. The van der Waals surface area contributed by atoms with Gasteiger partial charge in [-0.25, -0.2) is 0 Å². The molecule has 3 atom stereocenters. The van der Waals surface area contributed by atoms with Crippen LogP contribution in [0.2, 0.25) is 0 Å². The van der Waals surface area contributed by atoms with Gasteiger partial charge in [0.25, 0.3) is 0 Å². The van der Waals surface area contributed by atoms with Crippen LogP contribution in [-0.4, -0.2) is 40.0 Å². The fourth-order valence-corrected chi connectivity index (χ4v) is 3.30. The molecular formula is C18H20N2O4. The van der Waals surface area contributed by atoms with Crippen LogP contribution in [-0.2, 0) is 4.79 Å². The van der Waals surface area contributed by atoms with E-state index >= 15 is 0 Å². The SMILES string of the molecule is CC1(C)Oc2ccc(C#N)cc2[C@H](N=C2CCC(=O)C2CO)[C@H]1O. The van der Waals surface area contributed by atoms with E-state index in [1.54, 1.807) is 32.0 Å². The number of ether oxygens (including phenoxy) is 1. The number of aliphatic hydroxyl groups excluding tert-OH is 2. The van der Waals surface area contributed by atoms with Crippen molar-refractivity contribution < 1.29 is 19.7 Å². The van der Waals surface area contributed by atoms with E-state index in [9.17, 15) is 15.0 Å². The zero-order valence-electron chi connectivity index (χ0n) is 13.7. The molecule has 1 aliphatic heterocycles. The first-order valence-electron chi connectivity index (χ1n) is 7.98. The molecule has 6 heteroatoms. The molecule has 0 bridgehead atoms. The van der Waals surface area contributed by atoms with Gasteiger partial charge in [0.2, 0.25) is 0 Å². The quantitative estimate of drug-likeness (QED) is 0.857. The summed E-state index contributed by atoms with van der Waals surface area (Å²) in [5.74, 6) is -0.0441. The standard InChI is InChI=1S/C18H20N2O4/c1-18(2)17(23)16(20-13-4-5-14(22)12(13)9-21)11-7-10(8-19)3-6-15(11)24-18/h3,6-7,12,16-17,21,23H,4-5,9H2,1-2H3/t12?,16-,17+/m0/s1. The van der Waals surface area contributed by atoms with Gasteiger partial charge in [0.05, 0.1) is 24.2 Å². The molecule has 0 spiro atoms. The zero-order chi connectivity index (χ0) is 17.5. The van der Waals surface area contributed by atoms with Crippen molar-refractivity contribution in [2.24, 2.45) is 10.9 Å². The van der Waals surface area contributed by atoms with Gasteiger partial charge in [-0.1, -0.05) is 0 Å². The second-order valence-corrected chi connectivity index (χ2v) is 6.78. The predicted molar refractivity (Wildman–Crippen MR) is 86.9 cm³/mol. The van der Waals surface area contributed by atoms with Crippen LogP contribution < -0.4 is 4.74 Å². The maximum absolute atomic E-state index is 11.8. The summed E-state index contributed by atoms with van der Waals surface area (Å²) in [5, 5.41) is 29.3. The summed E-state index contributed by atoms with van der Waals surface area (Å²) in [5.41, 5.74) is 0.838. The Bertz CT molecular complexity index is 748. The van der Waals surface area contributed by atoms with Gasteiger partial charge >= 0.3 is 0 Å². The van der Waals surface area contributed by atoms with Gasteiger partial charge in [0, 0.05) is 17.7 Å². The number of nitrogens with zero attached hydrogens (tertiary/aromatic N) is 2. The number of fused-ring (bicyclic) bond motifs is 1. The van der Waals surface area contributed by atoms with E-state index in [4.69, 9.17) is 10.00 Å². The predicted octanol–water partition coefficient (Wildman–Crippen LogP) is 1.54. The van der Waals surface area contributed by atoms with Crippen LogP contribution in [0, 0.1) is 17.2 Å². The molecule has 1 unspecified atom stereocenters. The molecule has 2 N–H and O–H groups in total. The molecule has 1 saturated carbocycles. The Morgan fingerprint density at radius 3 is 2.83 bits per heavy atom. The Kier molecular flexibility index (Phi) is 4.16. The minimum atomic E-state index is -0.929. The number of Topliss-reactive ketones (excluding diaryl/α,β-unsaturated/α-hetero) is 1. The molecule has 1 aliphatic carbocycles. The topological polar surface area (TPSA) is 103 Å². The van der Waals surface area contributed by atoms with Crippen molar-refractivity contribution in [1.29, 1.82) is 5.26 Å². The molecule has 0 amide bonds. The summed E-state index contributed by atoms with van der Waals surface area (Å²) in [4.78, 5) is 16.5. The van der Waals surface area contributed by atoms with E-state index in [1.807, 2.05) is 0 Å². The number of hydrogen-bond acceptors (Lipinski definition) is 6. The lowest BCUT2D eigenvalue weighted by Gasteiger charge is -2.41. The van der Waals surface area contributed by atoms with Gasteiger partial charge < -0.3 is 14.9 Å². The molecule has 0 radical (unpaired) electrons. The summed E-state index contributed by atoms with van der Waals surface area (Å²) in [6.07, 6.45) is -0.0823. The van der Waals surface area contributed by atoms with E-state index < -0.39 is 23.7 Å². The second-order valence-electron chi connectivity index (χ2n) is 6.78. The molecule has 1 aromatic carbocycles. The van der Waals surface area contributed by atoms with E-state index in [1.165, 1.54) is 0 Å². The Balaban J connectivity index is 2.09. The van der Waals surface area contributed by atoms with Crippen LogP contribution in [0.15, 0.2) is 23.2 Å².